The predicted octanol–water partition coefficient (Wildman–Crippen LogP) is 1.40. The summed E-state index contributed by atoms with van der Waals surface area (Å²) in [6.07, 6.45) is 9.50. The van der Waals surface area contributed by atoms with E-state index in [0.717, 1.165) is 17.8 Å². The first-order valence-electron chi connectivity index (χ1n) is 9.88. The molecule has 4 fully saturated rings. The zero-order chi connectivity index (χ0) is 18.7. The van der Waals surface area contributed by atoms with Crippen molar-refractivity contribution in [2.45, 2.75) is 51.5 Å². The molecule has 4 bridgehead atoms. The fourth-order valence-corrected chi connectivity index (χ4v) is 5.96. The second-order valence-corrected chi connectivity index (χ2v) is 8.58. The zero-order valence-electron chi connectivity index (χ0n) is 15.7. The van der Waals surface area contributed by atoms with Crippen molar-refractivity contribution in [1.29, 1.82) is 5.26 Å². The maximum Gasteiger partial charge on any atom is 0.266 e. The molecule has 1 unspecified atom stereocenters. The molecule has 0 aliphatic heterocycles. The van der Waals surface area contributed by atoms with Crippen LogP contribution in [-0.4, -0.2) is 53.4 Å². The average Bonchev–Trinajstić information content (AvgIpc) is 2.60. The van der Waals surface area contributed by atoms with Gasteiger partial charge in [0.05, 0.1) is 13.2 Å². The van der Waals surface area contributed by atoms with Gasteiger partial charge in [-0.15, -0.1) is 0 Å². The fourth-order valence-electron chi connectivity index (χ4n) is 5.96. The number of nitriles is 1. The molecule has 0 aromatic rings. The Kier molecular flexibility index (Phi) is 5.89. The van der Waals surface area contributed by atoms with Crippen LogP contribution in [0.3, 0.4) is 0 Å². The molecule has 4 aliphatic carbocycles. The molecule has 4 rings (SSSR count). The third-order valence-electron chi connectivity index (χ3n) is 6.86. The van der Waals surface area contributed by atoms with Crippen molar-refractivity contribution in [3.05, 3.63) is 11.8 Å². The summed E-state index contributed by atoms with van der Waals surface area (Å²) in [6, 6.07) is 2.20. The number of nitrogens with zero attached hydrogens (tertiary/aromatic N) is 2. The summed E-state index contributed by atoms with van der Waals surface area (Å²) in [7, 11) is 0. The molecule has 1 amide bonds. The minimum atomic E-state index is -0.444. The van der Waals surface area contributed by atoms with Gasteiger partial charge >= 0.3 is 0 Å². The predicted molar refractivity (Wildman–Crippen MR) is 97.7 cm³/mol. The van der Waals surface area contributed by atoms with Crippen LogP contribution in [0.2, 0.25) is 0 Å². The lowest BCUT2D eigenvalue weighted by Gasteiger charge is -2.59. The van der Waals surface area contributed by atoms with E-state index in [2.05, 4.69) is 12.2 Å². The summed E-state index contributed by atoms with van der Waals surface area (Å²) in [5, 5.41) is 30.9. The summed E-state index contributed by atoms with van der Waals surface area (Å²) in [6.45, 7) is 2.03. The third-order valence-corrected chi connectivity index (χ3v) is 6.86. The second kappa shape index (κ2) is 7.98. The van der Waals surface area contributed by atoms with Crippen molar-refractivity contribution >= 4 is 5.91 Å². The maximum absolute atomic E-state index is 12.5. The third kappa shape index (κ3) is 3.74. The molecule has 0 saturated heterocycles. The Balaban J connectivity index is 1.67. The lowest BCUT2D eigenvalue weighted by molar-refractivity contribution is -0.127. The fraction of sp³-hybridized carbons (Fsp3) is 0.800. The highest BCUT2D eigenvalue weighted by Crippen LogP contribution is 2.61. The lowest BCUT2D eigenvalue weighted by Crippen LogP contribution is -2.54. The van der Waals surface area contributed by atoms with Gasteiger partial charge in [0.25, 0.3) is 5.91 Å². The largest absolute Gasteiger partial charge is 0.395 e. The van der Waals surface area contributed by atoms with E-state index >= 15 is 0 Å². The van der Waals surface area contributed by atoms with Crippen molar-refractivity contribution in [3.8, 4) is 6.07 Å². The Bertz CT molecular complexity index is 554. The molecule has 144 valence electrons. The average molecular weight is 361 g/mol. The molecule has 6 nitrogen and oxygen atoms in total. The monoisotopic (exact) mass is 361 g/mol. The number of carbonyl (C=O) groups is 1. The SMILES string of the molecule is CC(N/C=C(/C#N)C(=O)N(CCO)CCO)C12CC3CC(CC(C3)C1)C2. The second-order valence-electron chi connectivity index (χ2n) is 8.58. The molecule has 26 heavy (non-hydrogen) atoms. The molecule has 0 aromatic carbocycles. The normalized spacial score (nSPS) is 33.6. The van der Waals surface area contributed by atoms with Crippen LogP contribution in [0.5, 0.6) is 0 Å². The van der Waals surface area contributed by atoms with Gasteiger partial charge < -0.3 is 20.4 Å². The summed E-state index contributed by atoms with van der Waals surface area (Å²) in [4.78, 5) is 13.8. The molecule has 6 heteroatoms. The van der Waals surface area contributed by atoms with E-state index in [1.54, 1.807) is 6.20 Å². The number of hydrogen-bond acceptors (Lipinski definition) is 5. The number of aliphatic hydroxyl groups is 2. The van der Waals surface area contributed by atoms with E-state index in [-0.39, 0.29) is 37.9 Å². The number of aliphatic hydroxyl groups excluding tert-OH is 2. The molecule has 0 aromatic heterocycles. The Morgan fingerprint density at radius 3 is 2.12 bits per heavy atom. The highest BCUT2D eigenvalue weighted by Gasteiger charge is 2.53. The maximum atomic E-state index is 12.5. The van der Waals surface area contributed by atoms with Crippen molar-refractivity contribution in [3.63, 3.8) is 0 Å². The standard InChI is InChI=1S/C20H31N3O3/c1-14(20-9-15-6-16(10-20)8-17(7-15)11-20)22-13-18(12-21)19(26)23(2-4-24)3-5-25/h13-17,22,24-25H,2-11H2,1H3/b18-13-. The van der Waals surface area contributed by atoms with Crippen LogP contribution < -0.4 is 5.32 Å². The van der Waals surface area contributed by atoms with Gasteiger partial charge in [0.15, 0.2) is 0 Å². The number of amides is 1. The molecule has 0 spiro atoms. The van der Waals surface area contributed by atoms with Crippen LogP contribution in [0.15, 0.2) is 11.8 Å². The molecule has 3 N–H and O–H groups in total. The number of hydrogen-bond donors (Lipinski definition) is 3. The van der Waals surface area contributed by atoms with Gasteiger partial charge in [-0.2, -0.15) is 5.26 Å². The van der Waals surface area contributed by atoms with Gasteiger partial charge in [0.1, 0.15) is 11.6 Å². The van der Waals surface area contributed by atoms with Gasteiger partial charge in [0.2, 0.25) is 0 Å². The van der Waals surface area contributed by atoms with Gasteiger partial charge in [-0.3, -0.25) is 4.79 Å². The number of rotatable bonds is 8. The van der Waals surface area contributed by atoms with E-state index < -0.39 is 5.91 Å². The van der Waals surface area contributed by atoms with Gasteiger partial charge in [0, 0.05) is 25.3 Å². The smallest absolute Gasteiger partial charge is 0.266 e. The highest BCUT2D eigenvalue weighted by atomic mass is 16.3. The Morgan fingerprint density at radius 1 is 1.19 bits per heavy atom. The Labute approximate surface area is 155 Å². The molecular formula is C20H31N3O3. The summed E-state index contributed by atoms with van der Waals surface area (Å²) >= 11 is 0. The molecule has 0 heterocycles. The van der Waals surface area contributed by atoms with E-state index in [1.165, 1.54) is 43.4 Å². The van der Waals surface area contributed by atoms with Crippen LogP contribution >= 0.6 is 0 Å². The summed E-state index contributed by atoms with van der Waals surface area (Å²) in [5.41, 5.74) is 0.327. The lowest BCUT2D eigenvalue weighted by atomic mass is 9.48. The van der Waals surface area contributed by atoms with Crippen LogP contribution in [0, 0.1) is 34.5 Å². The Hall–Kier alpha value is -1.58. The number of nitrogens with one attached hydrogen (secondary N) is 1. The number of carbonyl (C=O) groups excluding carboxylic acids is 1. The molecule has 4 aliphatic rings. The topological polar surface area (TPSA) is 96.6 Å². The minimum absolute atomic E-state index is 0.0310. The van der Waals surface area contributed by atoms with E-state index in [0.29, 0.717) is 5.41 Å². The van der Waals surface area contributed by atoms with Crippen LogP contribution in [-0.2, 0) is 4.79 Å². The van der Waals surface area contributed by atoms with E-state index in [1.807, 2.05) is 6.07 Å². The van der Waals surface area contributed by atoms with Crippen molar-refractivity contribution in [2.75, 3.05) is 26.3 Å². The first-order chi connectivity index (χ1) is 12.5. The quantitative estimate of drug-likeness (QED) is 0.449. The molecular weight excluding hydrogens is 330 g/mol. The van der Waals surface area contributed by atoms with Gasteiger partial charge in [-0.25, -0.2) is 0 Å². The van der Waals surface area contributed by atoms with Crippen LogP contribution in [0.25, 0.3) is 0 Å². The highest BCUT2D eigenvalue weighted by molar-refractivity contribution is 5.97. The van der Waals surface area contributed by atoms with E-state index in [4.69, 9.17) is 10.2 Å². The summed E-state index contributed by atoms with van der Waals surface area (Å²) < 4.78 is 0. The minimum Gasteiger partial charge on any atom is -0.395 e. The molecule has 4 saturated carbocycles. The van der Waals surface area contributed by atoms with Gasteiger partial charge in [-0.1, -0.05) is 0 Å². The first-order valence-corrected chi connectivity index (χ1v) is 9.88. The van der Waals surface area contributed by atoms with E-state index in [9.17, 15) is 10.1 Å². The first kappa shape index (κ1) is 19.2. The van der Waals surface area contributed by atoms with Crippen molar-refractivity contribution < 1.29 is 15.0 Å². The Morgan fingerprint density at radius 2 is 1.69 bits per heavy atom. The van der Waals surface area contributed by atoms with Gasteiger partial charge in [-0.05, 0) is 68.6 Å². The molecule has 1 atom stereocenters. The van der Waals surface area contributed by atoms with Crippen molar-refractivity contribution in [2.24, 2.45) is 23.2 Å². The van der Waals surface area contributed by atoms with Crippen molar-refractivity contribution in [1.82, 2.24) is 10.2 Å². The summed E-state index contributed by atoms with van der Waals surface area (Å²) in [5.74, 6) is 2.13. The van der Waals surface area contributed by atoms with Crippen LogP contribution in [0.1, 0.15) is 45.4 Å². The molecule has 0 radical (unpaired) electrons. The zero-order valence-corrected chi connectivity index (χ0v) is 15.7. The van der Waals surface area contributed by atoms with Crippen LogP contribution in [0.4, 0.5) is 0 Å².